The number of hydrogen-bond donors (Lipinski definition) is 2. The first-order chi connectivity index (χ1) is 13.1. The normalized spacial score (nSPS) is 19.9. The first kappa shape index (κ1) is 22.6. The van der Waals surface area contributed by atoms with E-state index in [1.165, 1.54) is 18.2 Å². The van der Waals surface area contributed by atoms with Crippen molar-refractivity contribution in [2.75, 3.05) is 20.1 Å². The number of benzene rings is 1. The summed E-state index contributed by atoms with van der Waals surface area (Å²) in [5, 5.41) is 6.45. The van der Waals surface area contributed by atoms with Crippen LogP contribution in [0.2, 0.25) is 5.02 Å². The zero-order valence-electron chi connectivity index (χ0n) is 17.1. The van der Waals surface area contributed by atoms with E-state index in [0.29, 0.717) is 25.0 Å². The summed E-state index contributed by atoms with van der Waals surface area (Å²) >= 11 is 5.80. The number of rotatable bonds is 6. The largest absolute Gasteiger partial charge is 0.352 e. The van der Waals surface area contributed by atoms with Crippen LogP contribution in [0.5, 0.6) is 0 Å². The summed E-state index contributed by atoms with van der Waals surface area (Å²) < 4.78 is 13.4. The van der Waals surface area contributed by atoms with Gasteiger partial charge in [-0.25, -0.2) is 4.39 Å². The molecule has 1 aliphatic carbocycles. The van der Waals surface area contributed by atoms with Gasteiger partial charge in [0.05, 0.1) is 6.54 Å². The molecule has 0 aromatic heterocycles. The number of carbonyl (C=O) groups is 2. The van der Waals surface area contributed by atoms with Crippen LogP contribution >= 0.6 is 11.6 Å². The smallest absolute Gasteiger partial charge is 0.251 e. The molecule has 156 valence electrons. The Bertz CT molecular complexity index is 677. The van der Waals surface area contributed by atoms with Crippen molar-refractivity contribution in [2.45, 2.75) is 58.0 Å². The molecule has 0 saturated heterocycles. The maximum atomic E-state index is 13.4. The molecule has 2 N–H and O–H groups in total. The third-order valence-electron chi connectivity index (χ3n) is 5.45. The molecule has 2 rings (SSSR count). The summed E-state index contributed by atoms with van der Waals surface area (Å²) in [6.07, 6.45) is 3.90. The van der Waals surface area contributed by atoms with Crippen LogP contribution in [-0.4, -0.2) is 48.4 Å². The van der Waals surface area contributed by atoms with Gasteiger partial charge in [0.25, 0.3) is 5.91 Å². The lowest BCUT2D eigenvalue weighted by molar-refractivity contribution is -0.133. The Balaban J connectivity index is 1.71. The van der Waals surface area contributed by atoms with Crippen LogP contribution in [0.15, 0.2) is 18.2 Å². The minimum Gasteiger partial charge on any atom is -0.352 e. The highest BCUT2D eigenvalue weighted by atomic mass is 35.5. The van der Waals surface area contributed by atoms with E-state index in [2.05, 4.69) is 10.6 Å². The molecule has 0 radical (unpaired) electrons. The molecular formula is C21H31ClFN3O2. The van der Waals surface area contributed by atoms with Gasteiger partial charge < -0.3 is 15.5 Å². The summed E-state index contributed by atoms with van der Waals surface area (Å²) in [7, 11) is 1.83. The van der Waals surface area contributed by atoms with Gasteiger partial charge >= 0.3 is 0 Å². The zero-order valence-corrected chi connectivity index (χ0v) is 17.9. The van der Waals surface area contributed by atoms with E-state index in [1.807, 2.05) is 27.8 Å². The average molecular weight is 412 g/mol. The Morgan fingerprint density at radius 3 is 2.39 bits per heavy atom. The van der Waals surface area contributed by atoms with Gasteiger partial charge in [0, 0.05) is 35.8 Å². The van der Waals surface area contributed by atoms with Crippen LogP contribution in [0.1, 0.15) is 56.8 Å². The van der Waals surface area contributed by atoms with Crippen molar-refractivity contribution in [3.8, 4) is 0 Å². The fourth-order valence-corrected chi connectivity index (χ4v) is 3.54. The third-order valence-corrected chi connectivity index (χ3v) is 5.66. The standard InChI is InChI=1S/C21H31ClFN3O2/c1-21(2,3)26(4)19(27)13-24-18-7-5-14(6-8-18)12-25-20(28)15-9-16(22)11-17(23)10-15/h9-11,14,18,24H,5-8,12-13H2,1-4H3,(H,25,28)/t14-,18-. The predicted octanol–water partition coefficient (Wildman–Crippen LogP) is 3.61. The molecule has 7 heteroatoms. The maximum absolute atomic E-state index is 13.4. The SMILES string of the molecule is CN(C(=O)CN[C@H]1CC[C@H](CNC(=O)c2cc(F)cc(Cl)c2)CC1)C(C)(C)C. The van der Waals surface area contributed by atoms with Crippen LogP contribution in [0, 0.1) is 11.7 Å². The Hall–Kier alpha value is -1.66. The summed E-state index contributed by atoms with van der Waals surface area (Å²) in [5.74, 6) is -0.344. The zero-order chi connectivity index (χ0) is 20.9. The molecule has 0 aliphatic heterocycles. The lowest BCUT2D eigenvalue weighted by Gasteiger charge is -2.33. The van der Waals surface area contributed by atoms with Crippen LogP contribution in [0.4, 0.5) is 4.39 Å². The molecule has 1 aromatic rings. The van der Waals surface area contributed by atoms with Crippen LogP contribution in [0.25, 0.3) is 0 Å². The molecule has 5 nitrogen and oxygen atoms in total. The van der Waals surface area contributed by atoms with Crippen molar-refractivity contribution in [3.05, 3.63) is 34.6 Å². The van der Waals surface area contributed by atoms with Gasteiger partial charge in [-0.3, -0.25) is 9.59 Å². The first-order valence-electron chi connectivity index (χ1n) is 9.80. The van der Waals surface area contributed by atoms with E-state index >= 15 is 0 Å². The molecule has 0 unspecified atom stereocenters. The fourth-order valence-electron chi connectivity index (χ4n) is 3.32. The molecule has 1 fully saturated rings. The van der Waals surface area contributed by atoms with Gasteiger partial charge in [0.2, 0.25) is 5.91 Å². The maximum Gasteiger partial charge on any atom is 0.251 e. The number of nitrogens with zero attached hydrogens (tertiary/aromatic N) is 1. The van der Waals surface area contributed by atoms with Crippen LogP contribution < -0.4 is 10.6 Å². The van der Waals surface area contributed by atoms with Crippen molar-refractivity contribution in [1.82, 2.24) is 15.5 Å². The molecule has 1 aromatic carbocycles. The number of amides is 2. The van der Waals surface area contributed by atoms with Gasteiger partial charge in [-0.15, -0.1) is 0 Å². The molecule has 1 aliphatic rings. The summed E-state index contributed by atoms with van der Waals surface area (Å²) in [4.78, 5) is 26.2. The van der Waals surface area contributed by atoms with Gasteiger partial charge in [0.15, 0.2) is 0 Å². The van der Waals surface area contributed by atoms with Crippen LogP contribution in [0.3, 0.4) is 0 Å². The summed E-state index contributed by atoms with van der Waals surface area (Å²) in [6.45, 7) is 6.96. The number of halogens is 2. The van der Waals surface area contributed by atoms with E-state index in [0.717, 1.165) is 25.7 Å². The molecule has 0 heterocycles. The lowest BCUT2D eigenvalue weighted by Crippen LogP contribution is -2.48. The number of hydrogen-bond acceptors (Lipinski definition) is 3. The average Bonchev–Trinajstić information content (AvgIpc) is 2.62. The molecular weight excluding hydrogens is 381 g/mol. The van der Waals surface area contributed by atoms with Crippen molar-refractivity contribution >= 4 is 23.4 Å². The highest BCUT2D eigenvalue weighted by molar-refractivity contribution is 6.31. The summed E-state index contributed by atoms with van der Waals surface area (Å²) in [6, 6.07) is 4.16. The monoisotopic (exact) mass is 411 g/mol. The Morgan fingerprint density at radius 2 is 1.82 bits per heavy atom. The van der Waals surface area contributed by atoms with Crippen molar-refractivity contribution in [2.24, 2.45) is 5.92 Å². The van der Waals surface area contributed by atoms with Crippen molar-refractivity contribution in [1.29, 1.82) is 0 Å². The van der Waals surface area contributed by atoms with Crippen molar-refractivity contribution in [3.63, 3.8) is 0 Å². The van der Waals surface area contributed by atoms with E-state index in [4.69, 9.17) is 11.6 Å². The predicted molar refractivity (Wildman–Crippen MR) is 110 cm³/mol. The quantitative estimate of drug-likeness (QED) is 0.751. The number of carbonyl (C=O) groups excluding carboxylic acids is 2. The topological polar surface area (TPSA) is 61.4 Å². The van der Waals surface area contributed by atoms with E-state index in [-0.39, 0.29) is 27.9 Å². The van der Waals surface area contributed by atoms with Gasteiger partial charge in [-0.1, -0.05) is 11.6 Å². The first-order valence-corrected chi connectivity index (χ1v) is 10.2. The second-order valence-corrected chi connectivity index (χ2v) is 9.03. The van der Waals surface area contributed by atoms with Gasteiger partial charge in [0.1, 0.15) is 5.82 Å². The van der Waals surface area contributed by atoms with Gasteiger partial charge in [-0.2, -0.15) is 0 Å². The highest BCUT2D eigenvalue weighted by Gasteiger charge is 2.25. The number of nitrogens with one attached hydrogen (secondary N) is 2. The Labute approximate surface area is 172 Å². The minimum absolute atomic E-state index is 0.0932. The van der Waals surface area contributed by atoms with Gasteiger partial charge in [-0.05, 0) is 70.6 Å². The van der Waals surface area contributed by atoms with Crippen molar-refractivity contribution < 1.29 is 14.0 Å². The highest BCUT2D eigenvalue weighted by Crippen LogP contribution is 2.24. The van der Waals surface area contributed by atoms with E-state index in [1.54, 1.807) is 4.90 Å². The number of likely N-dealkylation sites (N-methyl/N-ethyl adjacent to an activating group) is 1. The lowest BCUT2D eigenvalue weighted by atomic mass is 9.86. The Kier molecular flexibility index (Phi) is 7.84. The molecule has 1 saturated carbocycles. The van der Waals surface area contributed by atoms with E-state index in [9.17, 15) is 14.0 Å². The molecule has 0 bridgehead atoms. The molecule has 0 atom stereocenters. The second kappa shape index (κ2) is 9.70. The second-order valence-electron chi connectivity index (χ2n) is 8.59. The fraction of sp³-hybridized carbons (Fsp3) is 0.619. The molecule has 2 amide bonds. The molecule has 0 spiro atoms. The minimum atomic E-state index is -0.518. The molecule has 28 heavy (non-hydrogen) atoms. The Morgan fingerprint density at radius 1 is 1.18 bits per heavy atom. The summed E-state index contributed by atoms with van der Waals surface area (Å²) in [5.41, 5.74) is 0.0578. The van der Waals surface area contributed by atoms with E-state index < -0.39 is 5.82 Å². The van der Waals surface area contributed by atoms with Crippen LogP contribution in [-0.2, 0) is 4.79 Å². The third kappa shape index (κ3) is 6.74.